The molecule has 0 fully saturated rings. The number of para-hydroxylation sites is 4. The average Bonchev–Trinajstić information content (AvgIpc) is 3.67. The first-order valence-corrected chi connectivity index (χ1v) is 13.7. The lowest BCUT2D eigenvalue weighted by Crippen LogP contribution is -2.53. The van der Waals surface area contributed by atoms with Crippen LogP contribution in [0.4, 0.5) is 0 Å². The average molecular weight is 509 g/mol. The van der Waals surface area contributed by atoms with Crippen LogP contribution in [0.3, 0.4) is 0 Å². The standard InChI is InChI=1S/C35H20BN3O/c1-4-13-30-21(8-1)24-16-17-25-22-9-2-6-15-32(22)40-35(25)34(24)39(30)36-27-11-3-5-14-31(27)38-29-18-19-37-20-26(29)23-10-7-12-28(36)33(23)38/h1-20H. The van der Waals surface area contributed by atoms with Crippen LogP contribution in [0, 0.1) is 0 Å². The van der Waals surface area contributed by atoms with Crippen LogP contribution in [0.15, 0.2) is 126 Å². The predicted molar refractivity (Wildman–Crippen MR) is 166 cm³/mol. The summed E-state index contributed by atoms with van der Waals surface area (Å²) >= 11 is 0. The molecule has 0 amide bonds. The molecule has 1 aliphatic rings. The van der Waals surface area contributed by atoms with Gasteiger partial charge in [-0.1, -0.05) is 78.9 Å². The summed E-state index contributed by atoms with van der Waals surface area (Å²) in [5.41, 5.74) is 10.4. The fourth-order valence-corrected chi connectivity index (χ4v) is 7.31. The SMILES string of the molecule is c1ccc2c(c1)B(n1c3ccccc3c3ccc4c5ccccc5oc4c31)c1cccc3c4cnccc4n-2c13. The Bertz CT molecular complexity index is 2510. The van der Waals surface area contributed by atoms with Gasteiger partial charge in [-0.25, -0.2) is 0 Å². The molecule has 0 saturated heterocycles. The monoisotopic (exact) mass is 509 g/mol. The van der Waals surface area contributed by atoms with Gasteiger partial charge in [-0.15, -0.1) is 0 Å². The van der Waals surface area contributed by atoms with E-state index in [9.17, 15) is 0 Å². The van der Waals surface area contributed by atoms with Crippen molar-refractivity contribution in [3.63, 3.8) is 0 Å². The molecule has 5 heteroatoms. The topological polar surface area (TPSA) is 35.9 Å². The molecular weight excluding hydrogens is 489 g/mol. The van der Waals surface area contributed by atoms with Crippen LogP contribution in [-0.2, 0) is 0 Å². The van der Waals surface area contributed by atoms with Crippen molar-refractivity contribution in [2.24, 2.45) is 0 Å². The van der Waals surface area contributed by atoms with Gasteiger partial charge < -0.3 is 13.5 Å². The summed E-state index contributed by atoms with van der Waals surface area (Å²) in [6, 6.07) is 39.3. The lowest BCUT2D eigenvalue weighted by molar-refractivity contribution is 0.671. The molecule has 0 saturated carbocycles. The third-order valence-corrected chi connectivity index (χ3v) is 8.86. The zero-order valence-corrected chi connectivity index (χ0v) is 21.4. The molecule has 10 rings (SSSR count). The maximum absolute atomic E-state index is 6.67. The van der Waals surface area contributed by atoms with Crippen LogP contribution >= 0.6 is 0 Å². The Labute approximate surface area is 228 Å². The van der Waals surface area contributed by atoms with Crippen molar-refractivity contribution >= 4 is 83.3 Å². The minimum absolute atomic E-state index is 0.0362. The maximum atomic E-state index is 6.67. The predicted octanol–water partition coefficient (Wildman–Crippen LogP) is 7.15. The van der Waals surface area contributed by atoms with E-state index < -0.39 is 0 Å². The van der Waals surface area contributed by atoms with Crippen LogP contribution in [0.5, 0.6) is 0 Å². The lowest BCUT2D eigenvalue weighted by Gasteiger charge is -2.28. The van der Waals surface area contributed by atoms with Crippen LogP contribution in [0.1, 0.15) is 0 Å². The number of furan rings is 1. The van der Waals surface area contributed by atoms with E-state index in [2.05, 4.69) is 117 Å². The number of rotatable bonds is 1. The first-order valence-electron chi connectivity index (χ1n) is 13.7. The third-order valence-electron chi connectivity index (χ3n) is 8.86. The van der Waals surface area contributed by atoms with E-state index >= 15 is 0 Å². The third kappa shape index (κ3) is 2.37. The van der Waals surface area contributed by atoms with Crippen LogP contribution < -0.4 is 10.9 Å². The molecule has 0 spiro atoms. The zero-order chi connectivity index (χ0) is 25.9. The van der Waals surface area contributed by atoms with E-state index in [4.69, 9.17) is 4.42 Å². The smallest absolute Gasteiger partial charge is 0.332 e. The molecule has 4 nitrogen and oxygen atoms in total. The van der Waals surface area contributed by atoms with Crippen molar-refractivity contribution in [1.82, 2.24) is 14.0 Å². The molecule has 0 N–H and O–H groups in total. The minimum Gasteiger partial charge on any atom is -0.454 e. The summed E-state index contributed by atoms with van der Waals surface area (Å²) in [5, 5.41) is 7.15. The molecule has 0 aliphatic carbocycles. The Hall–Kier alpha value is -5.29. The number of nitrogens with zero attached hydrogens (tertiary/aromatic N) is 3. The number of fused-ring (bicyclic) bond motifs is 12. The molecular formula is C35H20BN3O. The Morgan fingerprint density at radius 3 is 2.27 bits per heavy atom. The van der Waals surface area contributed by atoms with Gasteiger partial charge in [0.25, 0.3) is 0 Å². The van der Waals surface area contributed by atoms with Crippen molar-refractivity contribution in [3.05, 3.63) is 122 Å². The Kier molecular flexibility index (Phi) is 3.73. The van der Waals surface area contributed by atoms with E-state index in [0.29, 0.717) is 0 Å². The zero-order valence-electron chi connectivity index (χ0n) is 21.4. The van der Waals surface area contributed by atoms with Crippen LogP contribution in [-0.4, -0.2) is 20.9 Å². The number of hydrogen-bond donors (Lipinski definition) is 0. The molecule has 9 aromatic rings. The van der Waals surface area contributed by atoms with E-state index in [-0.39, 0.29) is 6.85 Å². The summed E-state index contributed by atoms with van der Waals surface area (Å²) in [4.78, 5) is 4.49. The number of pyridine rings is 1. The van der Waals surface area contributed by atoms with Crippen molar-refractivity contribution in [3.8, 4) is 5.69 Å². The van der Waals surface area contributed by atoms with Crippen molar-refractivity contribution in [1.29, 1.82) is 0 Å². The molecule has 1 aliphatic heterocycles. The van der Waals surface area contributed by atoms with Crippen molar-refractivity contribution in [2.75, 3.05) is 0 Å². The first kappa shape index (κ1) is 20.6. The van der Waals surface area contributed by atoms with Gasteiger partial charge >= 0.3 is 6.85 Å². The normalized spacial score (nSPS) is 12.9. The Balaban J connectivity index is 1.45. The van der Waals surface area contributed by atoms with Gasteiger partial charge in [0, 0.05) is 55.9 Å². The minimum atomic E-state index is -0.0362. The Morgan fingerprint density at radius 1 is 0.550 bits per heavy atom. The van der Waals surface area contributed by atoms with Gasteiger partial charge in [0.2, 0.25) is 0 Å². The quantitative estimate of drug-likeness (QED) is 0.220. The molecule has 5 aromatic carbocycles. The van der Waals surface area contributed by atoms with Crippen molar-refractivity contribution < 1.29 is 4.42 Å². The highest BCUT2D eigenvalue weighted by molar-refractivity contribution is 6.88. The van der Waals surface area contributed by atoms with Gasteiger partial charge in [-0.05, 0) is 41.3 Å². The second-order valence-electron chi connectivity index (χ2n) is 10.8. The Morgan fingerprint density at radius 2 is 1.30 bits per heavy atom. The van der Waals surface area contributed by atoms with E-state index in [0.717, 1.165) is 27.5 Å². The van der Waals surface area contributed by atoms with Crippen LogP contribution in [0.2, 0.25) is 0 Å². The molecule has 5 heterocycles. The summed E-state index contributed by atoms with van der Waals surface area (Å²) < 4.78 is 11.6. The number of aromatic nitrogens is 3. The largest absolute Gasteiger partial charge is 0.454 e. The molecule has 0 radical (unpaired) electrons. The summed E-state index contributed by atoms with van der Waals surface area (Å²) in [5.74, 6) is 0. The second kappa shape index (κ2) is 7.22. The highest BCUT2D eigenvalue weighted by Gasteiger charge is 2.36. The highest BCUT2D eigenvalue weighted by atomic mass is 16.3. The van der Waals surface area contributed by atoms with E-state index in [1.807, 2.05) is 18.5 Å². The van der Waals surface area contributed by atoms with Gasteiger partial charge in [-0.2, -0.15) is 0 Å². The number of hydrogen-bond acceptors (Lipinski definition) is 2. The molecule has 0 unspecified atom stereocenters. The molecule has 40 heavy (non-hydrogen) atoms. The summed E-state index contributed by atoms with van der Waals surface area (Å²) in [6.07, 6.45) is 3.89. The molecule has 0 bridgehead atoms. The van der Waals surface area contributed by atoms with Gasteiger partial charge in [-0.3, -0.25) is 4.98 Å². The highest BCUT2D eigenvalue weighted by Crippen LogP contribution is 2.40. The fourth-order valence-electron chi connectivity index (χ4n) is 7.31. The van der Waals surface area contributed by atoms with Crippen LogP contribution in [0.25, 0.3) is 71.2 Å². The maximum Gasteiger partial charge on any atom is 0.332 e. The molecule has 4 aromatic heterocycles. The van der Waals surface area contributed by atoms with Gasteiger partial charge in [0.1, 0.15) is 5.58 Å². The van der Waals surface area contributed by atoms with Crippen molar-refractivity contribution in [2.45, 2.75) is 0 Å². The lowest BCUT2D eigenvalue weighted by atomic mass is 9.48. The summed E-state index contributed by atoms with van der Waals surface area (Å²) in [6.45, 7) is -0.0362. The molecule has 184 valence electrons. The first-order chi connectivity index (χ1) is 19.9. The summed E-state index contributed by atoms with van der Waals surface area (Å²) in [7, 11) is 0. The van der Waals surface area contributed by atoms with E-state index in [1.54, 1.807) is 0 Å². The van der Waals surface area contributed by atoms with E-state index in [1.165, 1.54) is 54.7 Å². The second-order valence-corrected chi connectivity index (χ2v) is 10.8. The molecule has 0 atom stereocenters. The fraction of sp³-hybridized carbons (Fsp3) is 0. The van der Waals surface area contributed by atoms with Gasteiger partial charge in [0.15, 0.2) is 5.58 Å². The van der Waals surface area contributed by atoms with Gasteiger partial charge in [0.05, 0.1) is 16.6 Å². The number of benzene rings is 5.